The van der Waals surface area contributed by atoms with Gasteiger partial charge < -0.3 is 10.1 Å². The van der Waals surface area contributed by atoms with Crippen LogP contribution in [0.15, 0.2) is 53.0 Å². The first-order valence-corrected chi connectivity index (χ1v) is 7.09. The van der Waals surface area contributed by atoms with Gasteiger partial charge in [-0.3, -0.25) is 4.79 Å². The molecule has 0 bridgehead atoms. The topological polar surface area (TPSA) is 38.3 Å². The van der Waals surface area contributed by atoms with Crippen LogP contribution in [0.4, 0.5) is 0 Å². The fraction of sp³-hybridized carbons (Fsp3) is 0.188. The van der Waals surface area contributed by atoms with Crippen LogP contribution in [0.25, 0.3) is 0 Å². The summed E-state index contributed by atoms with van der Waals surface area (Å²) in [4.78, 5) is 12.0. The number of rotatable bonds is 5. The lowest BCUT2D eigenvalue weighted by Gasteiger charge is -2.07. The lowest BCUT2D eigenvalue weighted by atomic mass is 10.1. The fourth-order valence-corrected chi connectivity index (χ4v) is 2.31. The van der Waals surface area contributed by atoms with E-state index in [1.54, 1.807) is 19.2 Å². The van der Waals surface area contributed by atoms with E-state index in [9.17, 15) is 4.79 Å². The van der Waals surface area contributed by atoms with Gasteiger partial charge in [-0.1, -0.05) is 46.3 Å². The first kappa shape index (κ1) is 14.8. The standard InChI is InChI=1S/C16H16BrNO2/c1-20-11-13-5-2-4-12(8-13)10-18-16(19)14-6-3-7-15(17)9-14/h2-9H,10-11H2,1H3,(H,18,19). The summed E-state index contributed by atoms with van der Waals surface area (Å²) in [5, 5.41) is 2.91. The van der Waals surface area contributed by atoms with Crippen molar-refractivity contribution in [3.05, 3.63) is 69.7 Å². The second-order valence-corrected chi connectivity index (χ2v) is 5.36. The average molecular weight is 334 g/mol. The molecule has 0 aliphatic heterocycles. The minimum absolute atomic E-state index is 0.0801. The molecule has 0 saturated carbocycles. The minimum atomic E-state index is -0.0801. The molecule has 2 aromatic rings. The molecule has 0 fully saturated rings. The van der Waals surface area contributed by atoms with Gasteiger partial charge in [0.2, 0.25) is 0 Å². The molecular formula is C16H16BrNO2. The Morgan fingerprint density at radius 3 is 2.65 bits per heavy atom. The predicted molar refractivity (Wildman–Crippen MR) is 82.5 cm³/mol. The van der Waals surface area contributed by atoms with E-state index in [0.29, 0.717) is 18.7 Å². The number of methoxy groups -OCH3 is 1. The first-order chi connectivity index (χ1) is 9.69. The maximum absolute atomic E-state index is 12.0. The van der Waals surface area contributed by atoms with Gasteiger partial charge in [0.05, 0.1) is 6.61 Å². The number of amides is 1. The third-order valence-electron chi connectivity index (χ3n) is 2.84. The third-order valence-corrected chi connectivity index (χ3v) is 3.34. The molecule has 3 nitrogen and oxygen atoms in total. The molecule has 0 aromatic heterocycles. The van der Waals surface area contributed by atoms with E-state index in [4.69, 9.17) is 4.74 Å². The van der Waals surface area contributed by atoms with E-state index in [-0.39, 0.29) is 5.91 Å². The van der Waals surface area contributed by atoms with Crippen molar-refractivity contribution < 1.29 is 9.53 Å². The molecule has 0 heterocycles. The highest BCUT2D eigenvalue weighted by atomic mass is 79.9. The lowest BCUT2D eigenvalue weighted by molar-refractivity contribution is 0.0951. The quantitative estimate of drug-likeness (QED) is 0.908. The Kier molecular flexibility index (Phi) is 5.32. The minimum Gasteiger partial charge on any atom is -0.380 e. The highest BCUT2D eigenvalue weighted by Gasteiger charge is 2.05. The number of carbonyl (C=O) groups excluding carboxylic acids is 1. The smallest absolute Gasteiger partial charge is 0.251 e. The van der Waals surface area contributed by atoms with Crippen LogP contribution in [0, 0.1) is 0 Å². The molecular weight excluding hydrogens is 318 g/mol. The second kappa shape index (κ2) is 7.22. The van der Waals surface area contributed by atoms with E-state index in [1.807, 2.05) is 36.4 Å². The number of carbonyl (C=O) groups is 1. The largest absolute Gasteiger partial charge is 0.380 e. The zero-order valence-corrected chi connectivity index (χ0v) is 12.8. The number of nitrogens with one attached hydrogen (secondary N) is 1. The van der Waals surface area contributed by atoms with Crippen molar-refractivity contribution in [2.45, 2.75) is 13.2 Å². The van der Waals surface area contributed by atoms with Crippen molar-refractivity contribution in [2.75, 3.05) is 7.11 Å². The summed E-state index contributed by atoms with van der Waals surface area (Å²) in [6.45, 7) is 1.08. The Labute approximate surface area is 127 Å². The highest BCUT2D eigenvalue weighted by Crippen LogP contribution is 2.12. The van der Waals surface area contributed by atoms with Crippen molar-refractivity contribution in [3.63, 3.8) is 0 Å². The van der Waals surface area contributed by atoms with Gasteiger partial charge in [0.25, 0.3) is 5.91 Å². The predicted octanol–water partition coefficient (Wildman–Crippen LogP) is 3.53. The Balaban J connectivity index is 1.98. The second-order valence-electron chi connectivity index (χ2n) is 4.45. The zero-order chi connectivity index (χ0) is 14.4. The Morgan fingerprint density at radius 2 is 1.90 bits per heavy atom. The number of hydrogen-bond donors (Lipinski definition) is 1. The number of benzene rings is 2. The van der Waals surface area contributed by atoms with E-state index in [0.717, 1.165) is 15.6 Å². The van der Waals surface area contributed by atoms with Crippen molar-refractivity contribution in [2.24, 2.45) is 0 Å². The van der Waals surface area contributed by atoms with Crippen molar-refractivity contribution >= 4 is 21.8 Å². The molecule has 4 heteroatoms. The summed E-state index contributed by atoms with van der Waals surface area (Å²) < 4.78 is 5.99. The Morgan fingerprint density at radius 1 is 1.15 bits per heavy atom. The number of ether oxygens (including phenoxy) is 1. The van der Waals surface area contributed by atoms with Gasteiger partial charge in [-0.15, -0.1) is 0 Å². The molecule has 1 N–H and O–H groups in total. The molecule has 0 aliphatic carbocycles. The van der Waals surface area contributed by atoms with Gasteiger partial charge in [0.1, 0.15) is 0 Å². The Bertz CT molecular complexity index is 599. The molecule has 0 aliphatic rings. The van der Waals surface area contributed by atoms with Crippen LogP contribution in [-0.4, -0.2) is 13.0 Å². The summed E-state index contributed by atoms with van der Waals surface area (Å²) in [7, 11) is 1.67. The number of halogens is 1. The molecule has 2 rings (SSSR count). The fourth-order valence-electron chi connectivity index (χ4n) is 1.91. The molecule has 0 saturated heterocycles. The maximum atomic E-state index is 12.0. The van der Waals surface area contributed by atoms with Gasteiger partial charge in [-0.05, 0) is 29.3 Å². The van der Waals surface area contributed by atoms with E-state index >= 15 is 0 Å². The average Bonchev–Trinajstić information content (AvgIpc) is 2.45. The van der Waals surface area contributed by atoms with Crippen molar-refractivity contribution in [3.8, 4) is 0 Å². The maximum Gasteiger partial charge on any atom is 0.251 e. The van der Waals surface area contributed by atoms with Crippen LogP contribution in [0.5, 0.6) is 0 Å². The monoisotopic (exact) mass is 333 g/mol. The first-order valence-electron chi connectivity index (χ1n) is 6.29. The van der Waals surface area contributed by atoms with Crippen LogP contribution in [0.2, 0.25) is 0 Å². The molecule has 2 aromatic carbocycles. The van der Waals surface area contributed by atoms with Gasteiger partial charge in [0.15, 0.2) is 0 Å². The molecule has 0 atom stereocenters. The molecule has 0 unspecified atom stereocenters. The molecule has 20 heavy (non-hydrogen) atoms. The SMILES string of the molecule is COCc1cccc(CNC(=O)c2cccc(Br)c2)c1. The normalized spacial score (nSPS) is 10.3. The van der Waals surface area contributed by atoms with Crippen LogP contribution in [0.1, 0.15) is 21.5 Å². The van der Waals surface area contributed by atoms with Crippen LogP contribution >= 0.6 is 15.9 Å². The summed E-state index contributed by atoms with van der Waals surface area (Å²) in [6, 6.07) is 15.3. The summed E-state index contributed by atoms with van der Waals surface area (Å²) in [6.07, 6.45) is 0. The van der Waals surface area contributed by atoms with Gasteiger partial charge in [-0.25, -0.2) is 0 Å². The van der Waals surface area contributed by atoms with Crippen LogP contribution in [-0.2, 0) is 17.9 Å². The van der Waals surface area contributed by atoms with Crippen LogP contribution in [0.3, 0.4) is 0 Å². The lowest BCUT2D eigenvalue weighted by Crippen LogP contribution is -2.22. The molecule has 104 valence electrons. The van der Waals surface area contributed by atoms with Gasteiger partial charge in [-0.2, -0.15) is 0 Å². The van der Waals surface area contributed by atoms with Gasteiger partial charge in [0, 0.05) is 23.7 Å². The van der Waals surface area contributed by atoms with Crippen LogP contribution < -0.4 is 5.32 Å². The number of hydrogen-bond acceptors (Lipinski definition) is 2. The van der Waals surface area contributed by atoms with E-state index in [2.05, 4.69) is 21.2 Å². The molecule has 0 spiro atoms. The third kappa shape index (κ3) is 4.18. The molecule has 1 amide bonds. The summed E-state index contributed by atoms with van der Waals surface area (Å²) in [5.74, 6) is -0.0801. The van der Waals surface area contributed by atoms with E-state index in [1.165, 1.54) is 0 Å². The molecule has 0 radical (unpaired) electrons. The summed E-state index contributed by atoms with van der Waals surface area (Å²) in [5.41, 5.74) is 2.80. The van der Waals surface area contributed by atoms with Crippen molar-refractivity contribution in [1.82, 2.24) is 5.32 Å². The van der Waals surface area contributed by atoms with Gasteiger partial charge >= 0.3 is 0 Å². The summed E-state index contributed by atoms with van der Waals surface area (Å²) >= 11 is 3.36. The Hall–Kier alpha value is -1.65. The van der Waals surface area contributed by atoms with E-state index < -0.39 is 0 Å². The van der Waals surface area contributed by atoms with Crippen molar-refractivity contribution in [1.29, 1.82) is 0 Å². The zero-order valence-electron chi connectivity index (χ0n) is 11.2. The highest BCUT2D eigenvalue weighted by molar-refractivity contribution is 9.10.